The SMILES string of the molecule is Cc1cc2nc(C(N)C3CCCCC3)[nH]c2cc1C. The van der Waals surface area contributed by atoms with Crippen LogP contribution in [0.2, 0.25) is 0 Å². The second kappa shape index (κ2) is 4.97. The highest BCUT2D eigenvalue weighted by Crippen LogP contribution is 2.32. The Kier molecular flexibility index (Phi) is 3.31. The Morgan fingerprint density at radius 3 is 2.58 bits per heavy atom. The highest BCUT2D eigenvalue weighted by Gasteiger charge is 2.24. The van der Waals surface area contributed by atoms with Crippen LogP contribution in [0.3, 0.4) is 0 Å². The average molecular weight is 257 g/mol. The molecule has 1 aromatic carbocycles. The van der Waals surface area contributed by atoms with E-state index in [-0.39, 0.29) is 6.04 Å². The zero-order valence-electron chi connectivity index (χ0n) is 11.9. The molecule has 3 heteroatoms. The fourth-order valence-electron chi connectivity index (χ4n) is 3.16. The first-order valence-electron chi connectivity index (χ1n) is 7.37. The number of fused-ring (bicyclic) bond motifs is 1. The van der Waals surface area contributed by atoms with Crippen molar-refractivity contribution in [3.8, 4) is 0 Å². The van der Waals surface area contributed by atoms with E-state index in [1.54, 1.807) is 0 Å². The van der Waals surface area contributed by atoms with Crippen molar-refractivity contribution in [3.63, 3.8) is 0 Å². The molecule has 0 spiro atoms. The van der Waals surface area contributed by atoms with Crippen molar-refractivity contribution < 1.29 is 0 Å². The van der Waals surface area contributed by atoms with Crippen molar-refractivity contribution >= 4 is 11.0 Å². The first-order chi connectivity index (χ1) is 9.15. The van der Waals surface area contributed by atoms with Gasteiger partial charge in [0, 0.05) is 0 Å². The summed E-state index contributed by atoms with van der Waals surface area (Å²) in [4.78, 5) is 8.13. The third kappa shape index (κ3) is 2.39. The van der Waals surface area contributed by atoms with Crippen molar-refractivity contribution in [2.75, 3.05) is 0 Å². The molecular weight excluding hydrogens is 234 g/mol. The number of benzene rings is 1. The van der Waals surface area contributed by atoms with Gasteiger partial charge in [0.2, 0.25) is 0 Å². The molecule has 1 atom stereocenters. The molecule has 19 heavy (non-hydrogen) atoms. The number of H-pyrrole nitrogens is 1. The van der Waals surface area contributed by atoms with E-state index in [1.807, 2.05) is 0 Å². The smallest absolute Gasteiger partial charge is 0.124 e. The predicted octanol–water partition coefficient (Wildman–Crippen LogP) is 3.76. The maximum Gasteiger partial charge on any atom is 0.124 e. The van der Waals surface area contributed by atoms with Gasteiger partial charge in [0.25, 0.3) is 0 Å². The number of aromatic nitrogens is 2. The molecule has 2 aromatic rings. The van der Waals surface area contributed by atoms with Crippen molar-refractivity contribution in [2.45, 2.75) is 52.0 Å². The van der Waals surface area contributed by atoms with Gasteiger partial charge < -0.3 is 10.7 Å². The number of hydrogen-bond acceptors (Lipinski definition) is 2. The summed E-state index contributed by atoms with van der Waals surface area (Å²) in [7, 11) is 0. The Labute approximate surface area is 114 Å². The summed E-state index contributed by atoms with van der Waals surface area (Å²) in [5.74, 6) is 1.56. The Morgan fingerprint density at radius 1 is 1.16 bits per heavy atom. The first kappa shape index (κ1) is 12.7. The highest BCUT2D eigenvalue weighted by molar-refractivity contribution is 5.77. The average Bonchev–Trinajstić information content (AvgIpc) is 2.82. The molecule has 0 saturated heterocycles. The minimum atomic E-state index is 0.0633. The Bertz CT molecular complexity index is 540. The van der Waals surface area contributed by atoms with Crippen LogP contribution in [0, 0.1) is 19.8 Å². The fraction of sp³-hybridized carbons (Fsp3) is 0.562. The molecular formula is C16H23N3. The van der Waals surface area contributed by atoms with E-state index >= 15 is 0 Å². The van der Waals surface area contributed by atoms with Crippen LogP contribution in [-0.2, 0) is 0 Å². The second-order valence-corrected chi connectivity index (χ2v) is 6.00. The maximum atomic E-state index is 6.42. The molecule has 1 aromatic heterocycles. The molecule has 1 aliphatic carbocycles. The van der Waals surface area contributed by atoms with Gasteiger partial charge in [-0.15, -0.1) is 0 Å². The molecule has 102 valence electrons. The van der Waals surface area contributed by atoms with E-state index < -0.39 is 0 Å². The fourth-order valence-corrected chi connectivity index (χ4v) is 3.16. The van der Waals surface area contributed by atoms with Crippen LogP contribution in [-0.4, -0.2) is 9.97 Å². The van der Waals surface area contributed by atoms with E-state index in [1.165, 1.54) is 43.2 Å². The van der Waals surface area contributed by atoms with Crippen molar-refractivity contribution in [1.29, 1.82) is 0 Å². The minimum Gasteiger partial charge on any atom is -0.341 e. The number of aromatic amines is 1. The quantitative estimate of drug-likeness (QED) is 0.860. The number of aryl methyl sites for hydroxylation is 2. The van der Waals surface area contributed by atoms with Gasteiger partial charge in [0.05, 0.1) is 17.1 Å². The van der Waals surface area contributed by atoms with E-state index in [0.717, 1.165) is 16.9 Å². The van der Waals surface area contributed by atoms with Gasteiger partial charge in [-0.1, -0.05) is 19.3 Å². The summed E-state index contributed by atoms with van der Waals surface area (Å²) in [6.45, 7) is 4.26. The lowest BCUT2D eigenvalue weighted by Gasteiger charge is -2.26. The van der Waals surface area contributed by atoms with Crippen molar-refractivity contribution in [2.24, 2.45) is 11.7 Å². The van der Waals surface area contributed by atoms with Crippen LogP contribution in [0.1, 0.15) is 55.1 Å². The Morgan fingerprint density at radius 2 is 1.84 bits per heavy atom. The minimum absolute atomic E-state index is 0.0633. The zero-order valence-corrected chi connectivity index (χ0v) is 11.9. The lowest BCUT2D eigenvalue weighted by atomic mass is 9.84. The van der Waals surface area contributed by atoms with Crippen LogP contribution >= 0.6 is 0 Å². The standard InChI is InChI=1S/C16H23N3/c1-10-8-13-14(9-11(10)2)19-16(18-13)15(17)12-6-4-3-5-7-12/h8-9,12,15H,3-7,17H2,1-2H3,(H,18,19). The summed E-state index contributed by atoms with van der Waals surface area (Å²) in [6, 6.07) is 4.39. The van der Waals surface area contributed by atoms with Gasteiger partial charge in [0.1, 0.15) is 5.82 Å². The molecule has 1 fully saturated rings. The van der Waals surface area contributed by atoms with Crippen LogP contribution < -0.4 is 5.73 Å². The molecule has 0 bridgehead atoms. The Balaban J connectivity index is 1.91. The number of nitrogens with two attached hydrogens (primary N) is 1. The lowest BCUT2D eigenvalue weighted by molar-refractivity contribution is 0.302. The lowest BCUT2D eigenvalue weighted by Crippen LogP contribution is -2.24. The molecule has 1 saturated carbocycles. The summed E-state index contributed by atoms with van der Waals surface area (Å²) >= 11 is 0. The van der Waals surface area contributed by atoms with E-state index in [4.69, 9.17) is 10.7 Å². The maximum absolute atomic E-state index is 6.42. The van der Waals surface area contributed by atoms with Crippen molar-refractivity contribution in [3.05, 3.63) is 29.1 Å². The highest BCUT2D eigenvalue weighted by atomic mass is 15.0. The van der Waals surface area contributed by atoms with Gasteiger partial charge in [-0.25, -0.2) is 4.98 Å². The van der Waals surface area contributed by atoms with Gasteiger partial charge in [-0.2, -0.15) is 0 Å². The third-order valence-electron chi connectivity index (χ3n) is 4.59. The molecule has 3 N–H and O–H groups in total. The largest absolute Gasteiger partial charge is 0.341 e. The monoisotopic (exact) mass is 257 g/mol. The van der Waals surface area contributed by atoms with Crippen LogP contribution in [0.15, 0.2) is 12.1 Å². The van der Waals surface area contributed by atoms with Gasteiger partial charge in [0.15, 0.2) is 0 Å². The van der Waals surface area contributed by atoms with Crippen LogP contribution in [0.4, 0.5) is 0 Å². The molecule has 0 aliphatic heterocycles. The van der Waals surface area contributed by atoms with E-state index in [9.17, 15) is 0 Å². The molecule has 1 aliphatic rings. The molecule has 1 unspecified atom stereocenters. The van der Waals surface area contributed by atoms with Gasteiger partial charge >= 0.3 is 0 Å². The van der Waals surface area contributed by atoms with E-state index in [0.29, 0.717) is 5.92 Å². The molecule has 1 heterocycles. The number of rotatable bonds is 2. The van der Waals surface area contributed by atoms with Crippen LogP contribution in [0.25, 0.3) is 11.0 Å². The zero-order chi connectivity index (χ0) is 13.4. The molecule has 3 rings (SSSR count). The Hall–Kier alpha value is -1.35. The predicted molar refractivity (Wildman–Crippen MR) is 79.1 cm³/mol. The molecule has 0 amide bonds. The normalized spacial score (nSPS) is 18.9. The molecule has 3 nitrogen and oxygen atoms in total. The molecule has 0 radical (unpaired) electrons. The van der Waals surface area contributed by atoms with Gasteiger partial charge in [-0.05, 0) is 55.9 Å². The van der Waals surface area contributed by atoms with Crippen molar-refractivity contribution in [1.82, 2.24) is 9.97 Å². The summed E-state index contributed by atoms with van der Waals surface area (Å²) in [6.07, 6.45) is 6.49. The topological polar surface area (TPSA) is 54.7 Å². The van der Waals surface area contributed by atoms with Crippen LogP contribution in [0.5, 0.6) is 0 Å². The number of hydrogen-bond donors (Lipinski definition) is 2. The number of nitrogens with zero attached hydrogens (tertiary/aromatic N) is 1. The van der Waals surface area contributed by atoms with Gasteiger partial charge in [-0.3, -0.25) is 0 Å². The summed E-state index contributed by atoms with van der Waals surface area (Å²) < 4.78 is 0. The number of nitrogens with one attached hydrogen (secondary N) is 1. The number of imidazole rings is 1. The third-order valence-corrected chi connectivity index (χ3v) is 4.59. The first-order valence-corrected chi connectivity index (χ1v) is 7.37. The second-order valence-electron chi connectivity index (χ2n) is 6.00. The summed E-state index contributed by atoms with van der Waals surface area (Å²) in [5, 5.41) is 0. The summed E-state index contributed by atoms with van der Waals surface area (Å²) in [5.41, 5.74) is 11.2. The van der Waals surface area contributed by atoms with E-state index in [2.05, 4.69) is 31.0 Å².